The molecule has 0 aliphatic heterocycles. The van der Waals surface area contributed by atoms with E-state index in [-0.39, 0.29) is 5.91 Å². The van der Waals surface area contributed by atoms with E-state index in [1.807, 2.05) is 48.5 Å². The summed E-state index contributed by atoms with van der Waals surface area (Å²) in [5.41, 5.74) is 1.89. The molecule has 2 rings (SSSR count). The summed E-state index contributed by atoms with van der Waals surface area (Å²) in [5.74, 6) is 0.840. The molecule has 0 atom stereocenters. The van der Waals surface area contributed by atoms with Crippen molar-refractivity contribution in [3.05, 3.63) is 59.1 Å². The van der Waals surface area contributed by atoms with Crippen LogP contribution in [-0.2, 0) is 11.2 Å². The molecular formula is C20H24ClNO2. The van der Waals surface area contributed by atoms with Crippen molar-refractivity contribution in [2.24, 2.45) is 0 Å². The normalized spacial score (nSPS) is 10.4. The maximum atomic E-state index is 12.0. The van der Waals surface area contributed by atoms with Crippen LogP contribution in [0.5, 0.6) is 5.75 Å². The molecule has 0 unspecified atom stereocenters. The Morgan fingerprint density at radius 1 is 1.04 bits per heavy atom. The minimum atomic E-state index is 0.00145. The van der Waals surface area contributed by atoms with E-state index < -0.39 is 0 Å². The average molecular weight is 346 g/mol. The first kappa shape index (κ1) is 18.3. The van der Waals surface area contributed by atoms with Gasteiger partial charge < -0.3 is 10.1 Å². The lowest BCUT2D eigenvalue weighted by atomic mass is 10.1. The first-order valence-electron chi connectivity index (χ1n) is 8.44. The van der Waals surface area contributed by atoms with Crippen molar-refractivity contribution >= 4 is 23.2 Å². The second-order valence-corrected chi connectivity index (χ2v) is 6.19. The lowest BCUT2D eigenvalue weighted by molar-refractivity contribution is -0.116. The number of amides is 1. The van der Waals surface area contributed by atoms with Crippen molar-refractivity contribution in [1.29, 1.82) is 0 Å². The molecule has 1 N–H and O–H groups in total. The van der Waals surface area contributed by atoms with E-state index in [4.69, 9.17) is 16.3 Å². The number of ether oxygens (including phenoxy) is 1. The smallest absolute Gasteiger partial charge is 0.224 e. The van der Waals surface area contributed by atoms with Crippen molar-refractivity contribution in [2.45, 2.75) is 39.0 Å². The number of unbranched alkanes of at least 4 members (excludes halogenated alkanes) is 2. The molecule has 0 heterocycles. The molecular weight excluding hydrogens is 322 g/mol. The Kier molecular flexibility index (Phi) is 7.63. The number of carbonyl (C=O) groups excluding carboxylic acids is 1. The number of benzene rings is 2. The van der Waals surface area contributed by atoms with Gasteiger partial charge in [-0.15, -0.1) is 0 Å². The van der Waals surface area contributed by atoms with Gasteiger partial charge in [-0.3, -0.25) is 4.79 Å². The van der Waals surface area contributed by atoms with Gasteiger partial charge in [-0.2, -0.15) is 0 Å². The van der Waals surface area contributed by atoms with Crippen LogP contribution in [0.2, 0.25) is 5.02 Å². The molecule has 0 aliphatic rings. The quantitative estimate of drug-likeness (QED) is 0.611. The fraction of sp³-hybridized carbons (Fsp3) is 0.350. The Morgan fingerprint density at radius 3 is 2.42 bits per heavy atom. The Hall–Kier alpha value is -2.00. The molecule has 0 fully saturated rings. The van der Waals surface area contributed by atoms with E-state index >= 15 is 0 Å². The maximum Gasteiger partial charge on any atom is 0.224 e. The minimum absolute atomic E-state index is 0.00145. The average Bonchev–Trinajstić information content (AvgIpc) is 2.60. The van der Waals surface area contributed by atoms with Gasteiger partial charge in [0.2, 0.25) is 5.91 Å². The van der Waals surface area contributed by atoms with Gasteiger partial charge in [-0.25, -0.2) is 0 Å². The summed E-state index contributed by atoms with van der Waals surface area (Å²) in [6.07, 6.45) is 4.57. The lowest BCUT2D eigenvalue weighted by Crippen LogP contribution is -2.12. The number of aryl methyl sites for hydroxylation is 1. The van der Waals surface area contributed by atoms with Crippen LogP contribution < -0.4 is 10.1 Å². The van der Waals surface area contributed by atoms with E-state index in [0.29, 0.717) is 17.9 Å². The number of carbonyl (C=O) groups is 1. The van der Waals surface area contributed by atoms with E-state index in [1.54, 1.807) is 0 Å². The first-order valence-corrected chi connectivity index (χ1v) is 8.82. The van der Waals surface area contributed by atoms with Gasteiger partial charge in [0.15, 0.2) is 0 Å². The molecule has 0 spiro atoms. The summed E-state index contributed by atoms with van der Waals surface area (Å²) in [7, 11) is 0. The summed E-state index contributed by atoms with van der Waals surface area (Å²) in [6, 6.07) is 15.1. The number of hydrogen-bond acceptors (Lipinski definition) is 2. The van der Waals surface area contributed by atoms with Crippen LogP contribution in [-0.4, -0.2) is 12.5 Å². The zero-order valence-corrected chi connectivity index (χ0v) is 14.8. The van der Waals surface area contributed by atoms with E-state index in [9.17, 15) is 4.79 Å². The highest BCUT2D eigenvalue weighted by Gasteiger charge is 2.04. The lowest BCUT2D eigenvalue weighted by Gasteiger charge is -2.08. The molecule has 0 aliphatic carbocycles. The minimum Gasteiger partial charge on any atom is -0.494 e. The number of anilines is 1. The molecule has 0 bridgehead atoms. The number of halogens is 1. The summed E-state index contributed by atoms with van der Waals surface area (Å²) in [5, 5.41) is 3.62. The van der Waals surface area contributed by atoms with E-state index in [1.165, 1.54) is 12.8 Å². The Bertz CT molecular complexity index is 623. The summed E-state index contributed by atoms with van der Waals surface area (Å²) in [6.45, 7) is 2.91. The molecule has 0 saturated heterocycles. The Labute approximate surface area is 149 Å². The second kappa shape index (κ2) is 9.99. The van der Waals surface area contributed by atoms with Crippen molar-refractivity contribution in [2.75, 3.05) is 11.9 Å². The van der Waals surface area contributed by atoms with Gasteiger partial charge in [0.05, 0.1) is 6.61 Å². The molecule has 0 aromatic heterocycles. The van der Waals surface area contributed by atoms with Crippen LogP contribution in [0.25, 0.3) is 0 Å². The molecule has 4 heteroatoms. The monoisotopic (exact) mass is 345 g/mol. The number of hydrogen-bond donors (Lipinski definition) is 1. The van der Waals surface area contributed by atoms with Crippen molar-refractivity contribution in [3.8, 4) is 5.75 Å². The molecule has 1 amide bonds. The fourth-order valence-electron chi connectivity index (χ4n) is 2.31. The Balaban J connectivity index is 1.74. The topological polar surface area (TPSA) is 38.3 Å². The molecule has 24 heavy (non-hydrogen) atoms. The summed E-state index contributed by atoms with van der Waals surface area (Å²) >= 11 is 5.85. The van der Waals surface area contributed by atoms with Crippen molar-refractivity contribution < 1.29 is 9.53 Å². The highest BCUT2D eigenvalue weighted by Crippen LogP contribution is 2.17. The SMILES string of the molecule is CCCCCOc1ccc(NC(=O)CCc2ccc(Cl)cc2)cc1. The van der Waals surface area contributed by atoms with Crippen LogP contribution >= 0.6 is 11.6 Å². The first-order chi connectivity index (χ1) is 11.7. The molecule has 2 aromatic carbocycles. The second-order valence-electron chi connectivity index (χ2n) is 5.75. The van der Waals surface area contributed by atoms with E-state index in [2.05, 4.69) is 12.2 Å². The van der Waals surface area contributed by atoms with Gasteiger partial charge in [-0.05, 0) is 54.8 Å². The largest absolute Gasteiger partial charge is 0.494 e. The van der Waals surface area contributed by atoms with Crippen molar-refractivity contribution in [1.82, 2.24) is 0 Å². The van der Waals surface area contributed by atoms with Gasteiger partial charge in [0.1, 0.15) is 5.75 Å². The molecule has 0 radical (unpaired) electrons. The molecule has 128 valence electrons. The van der Waals surface area contributed by atoms with Crippen LogP contribution in [0.15, 0.2) is 48.5 Å². The molecule has 0 saturated carbocycles. The van der Waals surface area contributed by atoms with Crippen LogP contribution in [0.1, 0.15) is 38.2 Å². The number of rotatable bonds is 9. The fourth-order valence-corrected chi connectivity index (χ4v) is 2.43. The predicted molar refractivity (Wildman–Crippen MR) is 99.9 cm³/mol. The van der Waals surface area contributed by atoms with Crippen LogP contribution in [0.4, 0.5) is 5.69 Å². The van der Waals surface area contributed by atoms with Crippen LogP contribution in [0, 0.1) is 0 Å². The third kappa shape index (κ3) is 6.63. The summed E-state index contributed by atoms with van der Waals surface area (Å²) in [4.78, 5) is 12.0. The van der Waals surface area contributed by atoms with Gasteiger partial charge in [0.25, 0.3) is 0 Å². The zero-order chi connectivity index (χ0) is 17.2. The molecule has 2 aromatic rings. The standard InChI is InChI=1S/C20H24ClNO2/c1-2-3-4-15-24-19-12-10-18(11-13-19)22-20(23)14-7-16-5-8-17(21)9-6-16/h5-6,8-13H,2-4,7,14-15H2,1H3,(H,22,23). The Morgan fingerprint density at radius 2 is 1.75 bits per heavy atom. The zero-order valence-electron chi connectivity index (χ0n) is 14.1. The summed E-state index contributed by atoms with van der Waals surface area (Å²) < 4.78 is 5.66. The van der Waals surface area contributed by atoms with Crippen molar-refractivity contribution in [3.63, 3.8) is 0 Å². The highest BCUT2D eigenvalue weighted by atomic mass is 35.5. The highest BCUT2D eigenvalue weighted by molar-refractivity contribution is 6.30. The van der Waals surface area contributed by atoms with Gasteiger partial charge in [0, 0.05) is 17.1 Å². The predicted octanol–water partition coefficient (Wildman–Crippen LogP) is 5.48. The van der Waals surface area contributed by atoms with E-state index in [0.717, 1.165) is 30.0 Å². The van der Waals surface area contributed by atoms with Crippen LogP contribution in [0.3, 0.4) is 0 Å². The molecule has 3 nitrogen and oxygen atoms in total. The van der Waals surface area contributed by atoms with Gasteiger partial charge >= 0.3 is 0 Å². The number of nitrogens with one attached hydrogen (secondary N) is 1. The van der Waals surface area contributed by atoms with Gasteiger partial charge in [-0.1, -0.05) is 43.5 Å². The maximum absolute atomic E-state index is 12.0. The third-order valence-corrected chi connectivity index (χ3v) is 3.96. The third-order valence-electron chi connectivity index (χ3n) is 3.71.